The van der Waals surface area contributed by atoms with Gasteiger partial charge < -0.3 is 4.57 Å². The molecule has 0 saturated carbocycles. The van der Waals surface area contributed by atoms with E-state index in [4.69, 9.17) is 23.8 Å². The first-order valence-electron chi connectivity index (χ1n) is 9.85. The lowest BCUT2D eigenvalue weighted by Crippen LogP contribution is -2.27. The average molecular weight is 479 g/mol. The minimum absolute atomic E-state index is 0.250. The Kier molecular flexibility index (Phi) is 5.59. The molecule has 1 aliphatic rings. The van der Waals surface area contributed by atoms with Crippen molar-refractivity contribution in [3.8, 4) is 0 Å². The fraction of sp³-hybridized carbons (Fsp3) is 0.0400. The van der Waals surface area contributed by atoms with E-state index in [-0.39, 0.29) is 5.91 Å². The number of thioether (sulfide) groups is 1. The number of benzene rings is 3. The Labute approximate surface area is 199 Å². The zero-order valence-corrected chi connectivity index (χ0v) is 19.1. The van der Waals surface area contributed by atoms with Crippen LogP contribution in [0.25, 0.3) is 17.0 Å². The summed E-state index contributed by atoms with van der Waals surface area (Å²) in [6, 6.07) is 21.7. The van der Waals surface area contributed by atoms with Crippen molar-refractivity contribution >= 4 is 68.5 Å². The molecule has 1 saturated heterocycles. The molecule has 1 aliphatic heterocycles. The van der Waals surface area contributed by atoms with Crippen molar-refractivity contribution in [3.63, 3.8) is 0 Å². The fourth-order valence-electron chi connectivity index (χ4n) is 3.75. The number of fused-ring (bicyclic) bond motifs is 1. The monoisotopic (exact) mass is 478 g/mol. The molecule has 1 amide bonds. The molecule has 0 N–H and O–H groups in total. The summed E-state index contributed by atoms with van der Waals surface area (Å²) in [5.41, 5.74) is 3.55. The molecule has 1 aromatic heterocycles. The van der Waals surface area contributed by atoms with E-state index >= 15 is 0 Å². The molecular formula is C25H16ClFN2OS2. The summed E-state index contributed by atoms with van der Waals surface area (Å²) >= 11 is 12.7. The van der Waals surface area contributed by atoms with Crippen LogP contribution in [0.1, 0.15) is 11.1 Å². The quantitative estimate of drug-likeness (QED) is 0.236. The van der Waals surface area contributed by atoms with Gasteiger partial charge in [0.1, 0.15) is 5.82 Å². The van der Waals surface area contributed by atoms with Crippen LogP contribution >= 0.6 is 35.6 Å². The number of halogens is 2. The van der Waals surface area contributed by atoms with Gasteiger partial charge in [-0.3, -0.25) is 9.69 Å². The second-order valence-corrected chi connectivity index (χ2v) is 9.47. The predicted octanol–water partition coefficient (Wildman–Crippen LogP) is 6.89. The molecule has 3 aromatic carbocycles. The molecule has 0 spiro atoms. The second-order valence-electron chi connectivity index (χ2n) is 7.35. The molecule has 7 heteroatoms. The van der Waals surface area contributed by atoms with Crippen molar-refractivity contribution in [1.82, 2.24) is 4.57 Å². The summed E-state index contributed by atoms with van der Waals surface area (Å²) in [5.74, 6) is -0.661. The highest BCUT2D eigenvalue weighted by atomic mass is 35.5. The summed E-state index contributed by atoms with van der Waals surface area (Å²) in [6.45, 7) is 0.676. The number of para-hydroxylation sites is 1. The molecule has 158 valence electrons. The molecule has 0 atom stereocenters. The van der Waals surface area contributed by atoms with Crippen LogP contribution in [0.4, 0.5) is 10.1 Å². The molecule has 1 fully saturated rings. The van der Waals surface area contributed by atoms with Crippen molar-refractivity contribution in [3.05, 3.63) is 106 Å². The van der Waals surface area contributed by atoms with Gasteiger partial charge in [-0.15, -0.1) is 0 Å². The summed E-state index contributed by atoms with van der Waals surface area (Å²) in [7, 11) is 0. The Bertz CT molecular complexity index is 1390. The van der Waals surface area contributed by atoms with E-state index in [1.54, 1.807) is 12.1 Å². The summed E-state index contributed by atoms with van der Waals surface area (Å²) < 4.78 is 16.2. The molecule has 0 aliphatic carbocycles. The van der Waals surface area contributed by atoms with Gasteiger partial charge in [-0.05, 0) is 48.0 Å². The number of anilines is 1. The first-order chi connectivity index (χ1) is 15.5. The topological polar surface area (TPSA) is 25.2 Å². The predicted molar refractivity (Wildman–Crippen MR) is 135 cm³/mol. The molecule has 2 heterocycles. The van der Waals surface area contributed by atoms with E-state index in [9.17, 15) is 9.18 Å². The molecule has 5 rings (SSSR count). The first-order valence-corrected chi connectivity index (χ1v) is 11.5. The van der Waals surface area contributed by atoms with Gasteiger partial charge in [0.2, 0.25) is 0 Å². The van der Waals surface area contributed by atoms with Gasteiger partial charge in [0.15, 0.2) is 4.32 Å². The number of aromatic nitrogens is 1. The molecular weight excluding hydrogens is 463 g/mol. The Morgan fingerprint density at radius 1 is 1.03 bits per heavy atom. The summed E-state index contributed by atoms with van der Waals surface area (Å²) in [5, 5.41) is 1.74. The van der Waals surface area contributed by atoms with Gasteiger partial charge in [-0.1, -0.05) is 72.0 Å². The lowest BCUT2D eigenvalue weighted by atomic mass is 10.1. The number of hydrogen-bond acceptors (Lipinski definition) is 3. The number of hydrogen-bond donors (Lipinski definition) is 0. The van der Waals surface area contributed by atoms with E-state index in [2.05, 4.69) is 10.6 Å². The lowest BCUT2D eigenvalue weighted by Gasteiger charge is -2.14. The number of amides is 1. The van der Waals surface area contributed by atoms with Gasteiger partial charge >= 0.3 is 0 Å². The van der Waals surface area contributed by atoms with Gasteiger partial charge in [-0.25, -0.2) is 4.39 Å². The number of nitrogens with zero attached hydrogens (tertiary/aromatic N) is 2. The van der Waals surface area contributed by atoms with Crippen LogP contribution in [0.15, 0.2) is 83.9 Å². The van der Waals surface area contributed by atoms with Crippen molar-refractivity contribution < 1.29 is 9.18 Å². The van der Waals surface area contributed by atoms with Gasteiger partial charge in [0.25, 0.3) is 5.91 Å². The normalized spacial score (nSPS) is 15.3. The molecule has 4 aromatic rings. The van der Waals surface area contributed by atoms with E-state index in [0.717, 1.165) is 22.0 Å². The Morgan fingerprint density at radius 2 is 1.81 bits per heavy atom. The van der Waals surface area contributed by atoms with Crippen LogP contribution in [-0.4, -0.2) is 14.8 Å². The molecule has 0 bridgehead atoms. The van der Waals surface area contributed by atoms with Crippen LogP contribution in [0.5, 0.6) is 0 Å². The van der Waals surface area contributed by atoms with Crippen molar-refractivity contribution in [2.24, 2.45) is 0 Å². The van der Waals surface area contributed by atoms with Crippen LogP contribution < -0.4 is 4.90 Å². The maximum absolute atomic E-state index is 13.7. The average Bonchev–Trinajstić information content (AvgIpc) is 3.26. The number of carbonyl (C=O) groups is 1. The second kappa shape index (κ2) is 8.54. The SMILES string of the molecule is O=C1/C(=C\c2cn(Cc3ccc(Cl)cc3)c3ccccc23)SC(=S)N1c1cccc(F)c1. The number of thiocarbonyl (C=S) groups is 1. The van der Waals surface area contributed by atoms with Crippen LogP contribution in [0.2, 0.25) is 5.02 Å². The van der Waals surface area contributed by atoms with Crippen LogP contribution in [0, 0.1) is 5.82 Å². The summed E-state index contributed by atoms with van der Waals surface area (Å²) in [6.07, 6.45) is 3.90. The largest absolute Gasteiger partial charge is 0.342 e. The van der Waals surface area contributed by atoms with Gasteiger partial charge in [0, 0.05) is 34.2 Å². The highest BCUT2D eigenvalue weighted by Gasteiger charge is 2.33. The minimum Gasteiger partial charge on any atom is -0.342 e. The molecule has 0 radical (unpaired) electrons. The van der Waals surface area contributed by atoms with Crippen LogP contribution in [-0.2, 0) is 11.3 Å². The highest BCUT2D eigenvalue weighted by Crippen LogP contribution is 2.37. The third kappa shape index (κ3) is 3.97. The van der Waals surface area contributed by atoms with E-state index < -0.39 is 5.82 Å². The van der Waals surface area contributed by atoms with Crippen molar-refractivity contribution in [2.75, 3.05) is 4.90 Å². The zero-order valence-electron chi connectivity index (χ0n) is 16.7. The smallest absolute Gasteiger partial charge is 0.270 e. The highest BCUT2D eigenvalue weighted by molar-refractivity contribution is 8.27. The lowest BCUT2D eigenvalue weighted by molar-refractivity contribution is -0.113. The zero-order chi connectivity index (χ0) is 22.2. The van der Waals surface area contributed by atoms with E-state index in [0.29, 0.717) is 26.5 Å². The standard InChI is InChI=1S/C25H16ClFN2OS2/c26-18-10-8-16(9-11-18)14-28-15-17(21-6-1-2-7-22(21)28)12-23-24(30)29(25(31)32-23)20-5-3-4-19(27)13-20/h1-13,15H,14H2/b23-12+. The molecule has 0 unspecified atom stereocenters. The van der Waals surface area contributed by atoms with Crippen LogP contribution in [0.3, 0.4) is 0 Å². The third-order valence-electron chi connectivity index (χ3n) is 5.23. The fourth-order valence-corrected chi connectivity index (χ4v) is 5.17. The van der Waals surface area contributed by atoms with Gasteiger partial charge in [0.05, 0.1) is 10.6 Å². The van der Waals surface area contributed by atoms with Gasteiger partial charge in [-0.2, -0.15) is 0 Å². The molecule has 32 heavy (non-hydrogen) atoms. The maximum atomic E-state index is 13.7. The minimum atomic E-state index is -0.411. The number of rotatable bonds is 4. The Balaban J connectivity index is 1.52. The summed E-state index contributed by atoms with van der Waals surface area (Å²) in [4.78, 5) is 15.0. The Hall–Kier alpha value is -2.93. The Morgan fingerprint density at radius 3 is 2.59 bits per heavy atom. The van der Waals surface area contributed by atoms with Crippen molar-refractivity contribution in [2.45, 2.75) is 6.54 Å². The first kappa shape index (κ1) is 20.9. The molecule has 3 nitrogen and oxygen atoms in total. The van der Waals surface area contributed by atoms with E-state index in [1.165, 1.54) is 28.8 Å². The van der Waals surface area contributed by atoms with E-state index in [1.807, 2.05) is 54.7 Å². The van der Waals surface area contributed by atoms with Crippen molar-refractivity contribution in [1.29, 1.82) is 0 Å². The number of carbonyl (C=O) groups excluding carboxylic acids is 1. The third-order valence-corrected chi connectivity index (χ3v) is 6.79. The maximum Gasteiger partial charge on any atom is 0.270 e.